The number of likely N-dealkylation sites (tertiary alicyclic amines) is 1. The van der Waals surface area contributed by atoms with Gasteiger partial charge in [0.25, 0.3) is 0 Å². The molecule has 1 aliphatic heterocycles. The lowest BCUT2D eigenvalue weighted by Crippen LogP contribution is -2.46. The van der Waals surface area contributed by atoms with E-state index in [4.69, 9.17) is 5.11 Å². The fraction of sp³-hybridized carbons (Fsp3) is 0.588. The molecule has 2 fully saturated rings. The van der Waals surface area contributed by atoms with Crippen LogP contribution < -0.4 is 0 Å². The normalized spacial score (nSPS) is 26.9. The molecule has 2 heterocycles. The van der Waals surface area contributed by atoms with E-state index < -0.39 is 5.97 Å². The first-order valence-corrected chi connectivity index (χ1v) is 8.78. The SMILES string of the molecule is O=C(O)C=Cc1ccc(CN2CCCC3CCCCC32)s1. The lowest BCUT2D eigenvalue weighted by molar-refractivity contribution is -0.131. The summed E-state index contributed by atoms with van der Waals surface area (Å²) in [7, 11) is 0. The topological polar surface area (TPSA) is 40.5 Å². The van der Waals surface area contributed by atoms with Gasteiger partial charge >= 0.3 is 5.97 Å². The zero-order chi connectivity index (χ0) is 14.7. The molecular formula is C17H23NO2S. The Balaban J connectivity index is 1.64. The maximum Gasteiger partial charge on any atom is 0.328 e. The maximum absolute atomic E-state index is 10.6. The third-order valence-electron chi connectivity index (χ3n) is 4.79. The van der Waals surface area contributed by atoms with Crippen LogP contribution in [0.25, 0.3) is 6.08 Å². The summed E-state index contributed by atoms with van der Waals surface area (Å²) in [6.45, 7) is 2.26. The molecule has 3 rings (SSSR count). The van der Waals surface area contributed by atoms with Crippen molar-refractivity contribution in [1.29, 1.82) is 0 Å². The number of piperidine rings is 1. The van der Waals surface area contributed by atoms with Crippen LogP contribution in [0.5, 0.6) is 0 Å². The molecule has 0 aromatic carbocycles. The van der Waals surface area contributed by atoms with Crippen LogP contribution in [-0.4, -0.2) is 28.6 Å². The third-order valence-corrected chi connectivity index (χ3v) is 5.82. The Bertz CT molecular complexity index is 521. The first-order chi connectivity index (χ1) is 10.2. The van der Waals surface area contributed by atoms with E-state index in [0.717, 1.165) is 23.4 Å². The highest BCUT2D eigenvalue weighted by molar-refractivity contribution is 7.12. The van der Waals surface area contributed by atoms with Gasteiger partial charge in [0.1, 0.15) is 0 Å². The quantitative estimate of drug-likeness (QED) is 0.855. The monoisotopic (exact) mass is 305 g/mol. The average Bonchev–Trinajstić information content (AvgIpc) is 2.93. The third kappa shape index (κ3) is 3.74. The number of carboxylic acid groups (broad SMARTS) is 1. The first kappa shape index (κ1) is 14.8. The molecule has 0 spiro atoms. The minimum absolute atomic E-state index is 0.785. The molecule has 0 radical (unpaired) electrons. The molecule has 1 aromatic heterocycles. The molecular weight excluding hydrogens is 282 g/mol. The van der Waals surface area contributed by atoms with E-state index in [1.165, 1.54) is 56.0 Å². The molecule has 0 amide bonds. The zero-order valence-electron chi connectivity index (χ0n) is 12.3. The van der Waals surface area contributed by atoms with Gasteiger partial charge in [0.2, 0.25) is 0 Å². The molecule has 1 saturated heterocycles. The van der Waals surface area contributed by atoms with Crippen LogP contribution in [0.4, 0.5) is 0 Å². The number of hydrogen-bond donors (Lipinski definition) is 1. The summed E-state index contributed by atoms with van der Waals surface area (Å²) >= 11 is 1.72. The fourth-order valence-corrected chi connectivity index (χ4v) is 4.79. The van der Waals surface area contributed by atoms with Gasteiger partial charge in [-0.2, -0.15) is 0 Å². The van der Waals surface area contributed by atoms with Gasteiger partial charge in [-0.1, -0.05) is 12.8 Å². The van der Waals surface area contributed by atoms with Crippen LogP contribution in [0.2, 0.25) is 0 Å². The van der Waals surface area contributed by atoms with Gasteiger partial charge in [-0.25, -0.2) is 4.79 Å². The summed E-state index contributed by atoms with van der Waals surface area (Å²) in [4.78, 5) is 15.6. The standard InChI is InChI=1S/C17H23NO2S/c19-17(20)10-9-14-7-8-15(21-14)12-18-11-3-5-13-4-1-2-6-16(13)18/h7-10,13,16H,1-6,11-12H2,(H,19,20). The predicted molar refractivity (Wildman–Crippen MR) is 86.4 cm³/mol. The number of rotatable bonds is 4. The molecule has 2 aliphatic rings. The molecule has 21 heavy (non-hydrogen) atoms. The van der Waals surface area contributed by atoms with Crippen LogP contribution in [0.1, 0.15) is 48.3 Å². The molecule has 1 N–H and O–H groups in total. The highest BCUT2D eigenvalue weighted by Crippen LogP contribution is 2.36. The lowest BCUT2D eigenvalue weighted by Gasteiger charge is -2.44. The summed E-state index contributed by atoms with van der Waals surface area (Å²) < 4.78 is 0. The van der Waals surface area contributed by atoms with Gasteiger partial charge in [-0.15, -0.1) is 11.3 Å². The molecule has 1 aliphatic carbocycles. The van der Waals surface area contributed by atoms with Crippen molar-refractivity contribution in [3.8, 4) is 0 Å². The Hall–Kier alpha value is -1.13. The van der Waals surface area contributed by atoms with Crippen molar-refractivity contribution in [2.24, 2.45) is 5.92 Å². The highest BCUT2D eigenvalue weighted by Gasteiger charge is 2.33. The van der Waals surface area contributed by atoms with Crippen LogP contribution in [0, 0.1) is 5.92 Å². The van der Waals surface area contributed by atoms with Crippen molar-refractivity contribution in [3.05, 3.63) is 28.0 Å². The molecule has 2 unspecified atom stereocenters. The largest absolute Gasteiger partial charge is 0.478 e. The number of fused-ring (bicyclic) bond motifs is 1. The molecule has 2 atom stereocenters. The molecule has 4 heteroatoms. The number of hydrogen-bond acceptors (Lipinski definition) is 3. The van der Waals surface area contributed by atoms with E-state index in [9.17, 15) is 4.79 Å². The Labute approximate surface area is 130 Å². The van der Waals surface area contributed by atoms with Gasteiger partial charge in [-0.3, -0.25) is 4.90 Å². The highest BCUT2D eigenvalue weighted by atomic mass is 32.1. The number of carboxylic acids is 1. The lowest BCUT2D eigenvalue weighted by atomic mass is 9.78. The molecule has 3 nitrogen and oxygen atoms in total. The summed E-state index contributed by atoms with van der Waals surface area (Å²) in [5.41, 5.74) is 0. The Morgan fingerprint density at radius 1 is 1.29 bits per heavy atom. The van der Waals surface area contributed by atoms with Crippen LogP contribution in [-0.2, 0) is 11.3 Å². The van der Waals surface area contributed by atoms with Crippen LogP contribution in [0.15, 0.2) is 18.2 Å². The molecule has 0 bridgehead atoms. The van der Waals surface area contributed by atoms with Crippen molar-refractivity contribution in [3.63, 3.8) is 0 Å². The average molecular weight is 305 g/mol. The second-order valence-electron chi connectivity index (χ2n) is 6.20. The summed E-state index contributed by atoms with van der Waals surface area (Å²) in [5, 5.41) is 8.68. The number of aliphatic carboxylic acids is 1. The summed E-state index contributed by atoms with van der Waals surface area (Å²) in [6, 6.07) is 4.97. The van der Waals surface area contributed by atoms with E-state index in [-0.39, 0.29) is 0 Å². The van der Waals surface area contributed by atoms with E-state index in [2.05, 4.69) is 11.0 Å². The van der Waals surface area contributed by atoms with Crippen LogP contribution >= 0.6 is 11.3 Å². The van der Waals surface area contributed by atoms with Gasteiger partial charge in [0.15, 0.2) is 0 Å². The predicted octanol–water partition coefficient (Wildman–Crippen LogP) is 4.00. The summed E-state index contributed by atoms with van der Waals surface area (Å²) in [6.07, 6.45) is 11.2. The second-order valence-corrected chi connectivity index (χ2v) is 7.40. The first-order valence-electron chi connectivity index (χ1n) is 7.96. The van der Waals surface area contributed by atoms with Gasteiger partial charge in [0.05, 0.1) is 0 Å². The number of thiophene rings is 1. The second kappa shape index (κ2) is 6.75. The fourth-order valence-electron chi connectivity index (χ4n) is 3.85. The minimum Gasteiger partial charge on any atom is -0.478 e. The van der Waals surface area contributed by atoms with E-state index in [1.807, 2.05) is 6.07 Å². The van der Waals surface area contributed by atoms with Crippen molar-refractivity contribution in [2.45, 2.75) is 51.1 Å². The van der Waals surface area contributed by atoms with Crippen molar-refractivity contribution >= 4 is 23.4 Å². The smallest absolute Gasteiger partial charge is 0.328 e. The molecule has 1 aromatic rings. The zero-order valence-corrected chi connectivity index (χ0v) is 13.1. The van der Waals surface area contributed by atoms with E-state index in [0.29, 0.717) is 0 Å². The Morgan fingerprint density at radius 2 is 2.10 bits per heavy atom. The number of carbonyl (C=O) groups is 1. The van der Waals surface area contributed by atoms with Gasteiger partial charge < -0.3 is 5.11 Å². The number of nitrogens with zero attached hydrogens (tertiary/aromatic N) is 1. The Kier molecular flexibility index (Phi) is 4.76. The van der Waals surface area contributed by atoms with Crippen molar-refractivity contribution < 1.29 is 9.90 Å². The van der Waals surface area contributed by atoms with Gasteiger partial charge in [-0.05, 0) is 56.4 Å². The minimum atomic E-state index is -0.883. The van der Waals surface area contributed by atoms with E-state index >= 15 is 0 Å². The Morgan fingerprint density at radius 3 is 2.95 bits per heavy atom. The van der Waals surface area contributed by atoms with Crippen molar-refractivity contribution in [1.82, 2.24) is 4.90 Å². The van der Waals surface area contributed by atoms with E-state index in [1.54, 1.807) is 17.4 Å². The van der Waals surface area contributed by atoms with Gasteiger partial charge in [0, 0.05) is 28.4 Å². The molecule has 1 saturated carbocycles. The van der Waals surface area contributed by atoms with Crippen molar-refractivity contribution in [2.75, 3.05) is 6.54 Å². The summed E-state index contributed by atoms with van der Waals surface area (Å²) in [5.74, 6) is 0.0323. The maximum atomic E-state index is 10.6. The van der Waals surface area contributed by atoms with Crippen LogP contribution in [0.3, 0.4) is 0 Å². The molecule has 114 valence electrons.